The minimum absolute atomic E-state index is 0.0392. The van der Waals surface area contributed by atoms with E-state index in [1.807, 2.05) is 36.4 Å². The monoisotopic (exact) mass is 229 g/mol. The minimum Gasteiger partial charge on any atom is -0.271 e. The van der Waals surface area contributed by atoms with Crippen molar-refractivity contribution in [1.29, 1.82) is 0 Å². The van der Waals surface area contributed by atoms with Crippen LogP contribution >= 0.6 is 0 Å². The molecule has 0 aliphatic carbocycles. The highest BCUT2D eigenvalue weighted by Crippen LogP contribution is 2.18. The molecule has 1 aromatic heterocycles. The van der Waals surface area contributed by atoms with Crippen molar-refractivity contribution in [3.63, 3.8) is 0 Å². The van der Waals surface area contributed by atoms with Crippen molar-refractivity contribution in [3.8, 4) is 5.69 Å². The molecule has 88 valence electrons. The summed E-state index contributed by atoms with van der Waals surface area (Å²) < 4.78 is 1.77. The van der Waals surface area contributed by atoms with E-state index in [-0.39, 0.29) is 6.04 Å². The predicted octanol–water partition coefficient (Wildman–Crippen LogP) is 1.35. The van der Waals surface area contributed by atoms with Crippen molar-refractivity contribution >= 4 is 0 Å². The van der Waals surface area contributed by atoms with Crippen molar-refractivity contribution < 1.29 is 0 Å². The third-order valence-electron chi connectivity index (χ3n) is 2.54. The second-order valence-electron chi connectivity index (χ2n) is 3.65. The minimum atomic E-state index is -0.0392. The summed E-state index contributed by atoms with van der Waals surface area (Å²) in [7, 11) is 0. The molecule has 0 spiro atoms. The van der Waals surface area contributed by atoms with Gasteiger partial charge in [-0.05, 0) is 18.6 Å². The molecule has 1 aromatic carbocycles. The zero-order chi connectivity index (χ0) is 12.1. The van der Waals surface area contributed by atoms with Crippen LogP contribution < -0.4 is 11.3 Å². The van der Waals surface area contributed by atoms with Crippen molar-refractivity contribution in [2.75, 3.05) is 0 Å². The third-order valence-corrected chi connectivity index (χ3v) is 2.54. The maximum atomic E-state index is 5.53. The average Bonchev–Trinajstić information content (AvgIpc) is 2.86. The van der Waals surface area contributed by atoms with E-state index in [0.29, 0.717) is 0 Å². The van der Waals surface area contributed by atoms with Gasteiger partial charge in [-0.3, -0.25) is 11.3 Å². The summed E-state index contributed by atoms with van der Waals surface area (Å²) in [6.07, 6.45) is 4.24. The Morgan fingerprint density at radius 2 is 2.18 bits per heavy atom. The predicted molar refractivity (Wildman–Crippen MR) is 66.2 cm³/mol. The van der Waals surface area contributed by atoms with Crippen molar-refractivity contribution in [2.24, 2.45) is 5.84 Å². The first-order valence-electron chi connectivity index (χ1n) is 5.40. The van der Waals surface area contributed by atoms with Gasteiger partial charge in [0.15, 0.2) is 0 Å². The van der Waals surface area contributed by atoms with Gasteiger partial charge in [-0.15, -0.1) is 11.7 Å². The van der Waals surface area contributed by atoms with Crippen LogP contribution in [0.5, 0.6) is 0 Å². The summed E-state index contributed by atoms with van der Waals surface area (Å²) in [5.74, 6) is 5.53. The van der Waals surface area contributed by atoms with Crippen LogP contribution in [0.15, 0.2) is 49.2 Å². The molecule has 2 aromatic rings. The van der Waals surface area contributed by atoms with Gasteiger partial charge in [0, 0.05) is 0 Å². The average molecular weight is 229 g/mol. The van der Waals surface area contributed by atoms with Crippen LogP contribution in [-0.4, -0.2) is 15.0 Å². The van der Waals surface area contributed by atoms with Crippen molar-refractivity contribution in [1.82, 2.24) is 20.4 Å². The van der Waals surface area contributed by atoms with Gasteiger partial charge in [0.05, 0.1) is 23.6 Å². The van der Waals surface area contributed by atoms with E-state index in [1.165, 1.54) is 0 Å². The van der Waals surface area contributed by atoms with E-state index in [4.69, 9.17) is 5.84 Å². The fourth-order valence-electron chi connectivity index (χ4n) is 1.69. The van der Waals surface area contributed by atoms with Gasteiger partial charge in [0.25, 0.3) is 0 Å². The Bertz CT molecular complexity index is 477. The van der Waals surface area contributed by atoms with Gasteiger partial charge in [-0.2, -0.15) is 0 Å². The maximum absolute atomic E-state index is 5.53. The van der Waals surface area contributed by atoms with Crippen LogP contribution in [-0.2, 0) is 0 Å². The molecule has 17 heavy (non-hydrogen) atoms. The van der Waals surface area contributed by atoms with E-state index < -0.39 is 0 Å². The van der Waals surface area contributed by atoms with Crippen LogP contribution in [0.4, 0.5) is 0 Å². The summed E-state index contributed by atoms with van der Waals surface area (Å²) in [6.45, 7) is 3.72. The lowest BCUT2D eigenvalue weighted by molar-refractivity contribution is 0.530. The first kappa shape index (κ1) is 11.5. The number of hydrogen-bond donors (Lipinski definition) is 2. The summed E-state index contributed by atoms with van der Waals surface area (Å²) >= 11 is 0. The second-order valence-corrected chi connectivity index (χ2v) is 3.65. The second kappa shape index (κ2) is 5.38. The molecule has 0 radical (unpaired) electrons. The van der Waals surface area contributed by atoms with Crippen LogP contribution in [0.25, 0.3) is 5.69 Å². The van der Waals surface area contributed by atoms with E-state index in [9.17, 15) is 0 Å². The molecule has 1 heterocycles. The molecule has 0 saturated heterocycles. The Labute approximate surface area is 99.9 Å². The lowest BCUT2D eigenvalue weighted by atomic mass is 10.1. The number of benzene rings is 1. The normalized spacial score (nSPS) is 12.3. The Morgan fingerprint density at radius 1 is 1.41 bits per heavy atom. The fourth-order valence-corrected chi connectivity index (χ4v) is 1.69. The number of aromatic nitrogens is 3. The molecule has 2 rings (SSSR count). The smallest absolute Gasteiger partial charge is 0.0831 e. The molecule has 0 aliphatic heterocycles. The zero-order valence-electron chi connectivity index (χ0n) is 9.45. The van der Waals surface area contributed by atoms with Crippen LogP contribution in [0, 0.1) is 0 Å². The van der Waals surface area contributed by atoms with Crippen molar-refractivity contribution in [3.05, 3.63) is 54.9 Å². The first-order valence-corrected chi connectivity index (χ1v) is 5.40. The summed E-state index contributed by atoms with van der Waals surface area (Å²) in [5.41, 5.74) is 4.62. The summed E-state index contributed by atoms with van der Waals surface area (Å²) in [6, 6.07) is 9.78. The van der Waals surface area contributed by atoms with Gasteiger partial charge in [-0.1, -0.05) is 29.5 Å². The fraction of sp³-hybridized carbons (Fsp3) is 0.167. The molecule has 1 atom stereocenters. The number of hydrazine groups is 1. The standard InChI is InChI=1S/C12H15N5/c1-2-6-11(15-13)12-9-14-16-17(12)10-7-4-3-5-8-10/h2-5,7-9,11,15H,1,6,13H2. The molecule has 3 N–H and O–H groups in total. The lowest BCUT2D eigenvalue weighted by Crippen LogP contribution is -2.29. The molecule has 0 fully saturated rings. The van der Waals surface area contributed by atoms with E-state index in [1.54, 1.807) is 10.9 Å². The largest absolute Gasteiger partial charge is 0.271 e. The molecule has 5 nitrogen and oxygen atoms in total. The third kappa shape index (κ3) is 2.41. The number of rotatable bonds is 5. The molecule has 1 unspecified atom stereocenters. The number of nitrogens with two attached hydrogens (primary N) is 1. The van der Waals surface area contributed by atoms with Gasteiger partial charge in [-0.25, -0.2) is 4.68 Å². The Morgan fingerprint density at radius 3 is 2.82 bits per heavy atom. The highest BCUT2D eigenvalue weighted by Gasteiger charge is 2.15. The van der Waals surface area contributed by atoms with E-state index in [0.717, 1.165) is 17.8 Å². The summed E-state index contributed by atoms with van der Waals surface area (Å²) in [4.78, 5) is 0. The van der Waals surface area contributed by atoms with Gasteiger partial charge in [0.2, 0.25) is 0 Å². The molecular weight excluding hydrogens is 214 g/mol. The quantitative estimate of drug-likeness (QED) is 0.461. The Hall–Kier alpha value is -1.98. The number of hydrogen-bond acceptors (Lipinski definition) is 4. The van der Waals surface area contributed by atoms with Crippen LogP contribution in [0.3, 0.4) is 0 Å². The number of nitrogens with one attached hydrogen (secondary N) is 1. The molecule has 0 saturated carbocycles. The molecular formula is C12H15N5. The van der Waals surface area contributed by atoms with E-state index >= 15 is 0 Å². The number of para-hydroxylation sites is 1. The van der Waals surface area contributed by atoms with Gasteiger partial charge in [0.1, 0.15) is 0 Å². The van der Waals surface area contributed by atoms with Crippen LogP contribution in [0.1, 0.15) is 18.2 Å². The van der Waals surface area contributed by atoms with Crippen molar-refractivity contribution in [2.45, 2.75) is 12.5 Å². The summed E-state index contributed by atoms with van der Waals surface area (Å²) in [5, 5.41) is 8.01. The highest BCUT2D eigenvalue weighted by molar-refractivity contribution is 5.32. The lowest BCUT2D eigenvalue weighted by Gasteiger charge is -2.14. The molecule has 0 aliphatic rings. The van der Waals surface area contributed by atoms with Crippen LogP contribution in [0.2, 0.25) is 0 Å². The highest BCUT2D eigenvalue weighted by atomic mass is 15.4. The molecule has 0 amide bonds. The van der Waals surface area contributed by atoms with Gasteiger partial charge < -0.3 is 0 Å². The molecule has 5 heteroatoms. The zero-order valence-corrected chi connectivity index (χ0v) is 9.45. The topological polar surface area (TPSA) is 68.8 Å². The van der Waals surface area contributed by atoms with Gasteiger partial charge >= 0.3 is 0 Å². The SMILES string of the molecule is C=CCC(NN)c1cnnn1-c1ccccc1. The Kier molecular flexibility index (Phi) is 3.64. The maximum Gasteiger partial charge on any atom is 0.0831 e. The first-order chi connectivity index (χ1) is 8.36. The molecule has 0 bridgehead atoms. The van der Waals surface area contributed by atoms with E-state index in [2.05, 4.69) is 22.3 Å². The number of nitrogens with zero attached hydrogens (tertiary/aromatic N) is 3. The Balaban J connectivity index is 2.37.